The molecular formula is C21H26FN5OS. The van der Waals surface area contributed by atoms with E-state index in [4.69, 9.17) is 0 Å². The maximum atomic E-state index is 13.0. The van der Waals surface area contributed by atoms with Crippen molar-refractivity contribution in [1.82, 2.24) is 20.1 Å². The van der Waals surface area contributed by atoms with Gasteiger partial charge in [0, 0.05) is 16.1 Å². The predicted octanol–water partition coefficient (Wildman–Crippen LogP) is 4.05. The summed E-state index contributed by atoms with van der Waals surface area (Å²) >= 11 is 1.52. The average Bonchev–Trinajstić information content (AvgIpc) is 3.28. The van der Waals surface area contributed by atoms with Gasteiger partial charge in [-0.25, -0.2) is 9.37 Å². The monoisotopic (exact) mass is 415 g/mol. The van der Waals surface area contributed by atoms with E-state index in [0.717, 1.165) is 53.3 Å². The Hall–Kier alpha value is -2.58. The third kappa shape index (κ3) is 5.95. The van der Waals surface area contributed by atoms with Gasteiger partial charge in [-0.15, -0.1) is 11.3 Å². The van der Waals surface area contributed by atoms with Crippen LogP contribution >= 0.6 is 11.3 Å². The fourth-order valence-corrected chi connectivity index (χ4v) is 4.01. The zero-order chi connectivity index (χ0) is 20.8. The number of carbonyl (C=O) groups is 1. The lowest BCUT2D eigenvalue weighted by Crippen LogP contribution is -2.31. The van der Waals surface area contributed by atoms with Gasteiger partial charge in [-0.3, -0.25) is 14.8 Å². The highest BCUT2D eigenvalue weighted by molar-refractivity contribution is 7.15. The number of aromatic nitrogens is 3. The number of aryl methyl sites for hydroxylation is 3. The summed E-state index contributed by atoms with van der Waals surface area (Å²) in [6.07, 6.45) is 2.59. The van der Waals surface area contributed by atoms with Crippen LogP contribution in [0.5, 0.6) is 0 Å². The van der Waals surface area contributed by atoms with E-state index < -0.39 is 0 Å². The number of nitrogens with zero attached hydrogens (tertiary/aromatic N) is 3. The van der Waals surface area contributed by atoms with Crippen molar-refractivity contribution in [3.63, 3.8) is 0 Å². The van der Waals surface area contributed by atoms with Gasteiger partial charge in [0.1, 0.15) is 5.82 Å². The Kier molecular flexibility index (Phi) is 7.11. The molecule has 0 saturated carbocycles. The summed E-state index contributed by atoms with van der Waals surface area (Å²) in [5, 5.41) is 10.9. The molecule has 0 unspecified atom stereocenters. The van der Waals surface area contributed by atoms with Crippen molar-refractivity contribution in [3.05, 3.63) is 52.4 Å². The molecule has 2 heterocycles. The number of benzene rings is 1. The Morgan fingerprint density at radius 2 is 2.07 bits per heavy atom. The van der Waals surface area contributed by atoms with Crippen LogP contribution in [-0.4, -0.2) is 46.1 Å². The molecule has 1 aromatic carbocycles. The molecule has 0 aliphatic rings. The van der Waals surface area contributed by atoms with Crippen LogP contribution in [0.1, 0.15) is 29.6 Å². The second-order valence-electron chi connectivity index (χ2n) is 7.05. The van der Waals surface area contributed by atoms with Gasteiger partial charge in [-0.05, 0) is 70.1 Å². The number of nitrogens with one attached hydrogen (secondary N) is 2. The van der Waals surface area contributed by atoms with Gasteiger partial charge in [-0.1, -0.05) is 6.92 Å². The Bertz CT molecular complexity index is 950. The normalized spacial score (nSPS) is 11.2. The van der Waals surface area contributed by atoms with Gasteiger partial charge in [0.2, 0.25) is 5.91 Å². The molecule has 0 bridgehead atoms. The number of hydrogen-bond donors (Lipinski definition) is 2. The molecule has 0 radical (unpaired) electrons. The molecule has 3 aromatic rings. The van der Waals surface area contributed by atoms with Gasteiger partial charge < -0.3 is 5.32 Å². The second-order valence-corrected chi connectivity index (χ2v) is 8.25. The molecule has 8 heteroatoms. The van der Waals surface area contributed by atoms with E-state index >= 15 is 0 Å². The number of carbonyl (C=O) groups excluding carboxylic acids is 1. The topological polar surface area (TPSA) is 73.9 Å². The van der Waals surface area contributed by atoms with Crippen LogP contribution in [0.3, 0.4) is 0 Å². The molecule has 0 fully saturated rings. The predicted molar refractivity (Wildman–Crippen MR) is 115 cm³/mol. The average molecular weight is 416 g/mol. The Morgan fingerprint density at radius 3 is 2.76 bits per heavy atom. The largest absolute Gasteiger partial charge is 0.301 e. The third-order valence-corrected chi connectivity index (χ3v) is 5.57. The summed E-state index contributed by atoms with van der Waals surface area (Å²) in [6.45, 7) is 5.19. The van der Waals surface area contributed by atoms with Crippen LogP contribution in [0.15, 0.2) is 30.3 Å². The minimum absolute atomic E-state index is 0.0518. The van der Waals surface area contributed by atoms with Crippen molar-refractivity contribution in [3.8, 4) is 11.3 Å². The number of anilines is 1. The molecule has 29 heavy (non-hydrogen) atoms. The molecule has 0 atom stereocenters. The lowest BCUT2D eigenvalue weighted by molar-refractivity contribution is -0.117. The van der Waals surface area contributed by atoms with E-state index in [0.29, 0.717) is 11.7 Å². The summed E-state index contributed by atoms with van der Waals surface area (Å²) < 4.78 is 13.0. The van der Waals surface area contributed by atoms with E-state index in [9.17, 15) is 9.18 Å². The molecule has 0 saturated heterocycles. The van der Waals surface area contributed by atoms with Gasteiger partial charge in [-0.2, -0.15) is 5.10 Å². The van der Waals surface area contributed by atoms with Gasteiger partial charge in [0.15, 0.2) is 5.13 Å². The number of aromatic amines is 1. The van der Waals surface area contributed by atoms with Gasteiger partial charge >= 0.3 is 0 Å². The third-order valence-electron chi connectivity index (χ3n) is 4.64. The first-order chi connectivity index (χ1) is 13.9. The fourth-order valence-electron chi connectivity index (χ4n) is 3.09. The lowest BCUT2D eigenvalue weighted by Gasteiger charge is -2.15. The quantitative estimate of drug-likeness (QED) is 0.553. The Morgan fingerprint density at radius 1 is 1.31 bits per heavy atom. The highest BCUT2D eigenvalue weighted by Gasteiger charge is 2.11. The Balaban J connectivity index is 1.42. The van der Waals surface area contributed by atoms with Crippen molar-refractivity contribution >= 4 is 22.4 Å². The SMILES string of the molecule is CCc1nc(NC(=O)CN(C)CCCc2cc(-c3ccc(F)cc3)n[nH]2)sc1C. The van der Waals surface area contributed by atoms with Crippen LogP contribution in [-0.2, 0) is 17.6 Å². The summed E-state index contributed by atoms with van der Waals surface area (Å²) in [6, 6.07) is 8.28. The molecular weight excluding hydrogens is 389 g/mol. The molecule has 3 rings (SSSR count). The fraction of sp³-hybridized carbons (Fsp3) is 0.381. The van der Waals surface area contributed by atoms with Crippen LogP contribution in [0.4, 0.5) is 9.52 Å². The minimum Gasteiger partial charge on any atom is -0.301 e. The second kappa shape index (κ2) is 9.76. The molecule has 6 nitrogen and oxygen atoms in total. The number of rotatable bonds is 9. The van der Waals surface area contributed by atoms with Gasteiger partial charge in [0.05, 0.1) is 17.9 Å². The van der Waals surface area contributed by atoms with Crippen molar-refractivity contribution in [1.29, 1.82) is 0 Å². The smallest absolute Gasteiger partial charge is 0.240 e. The lowest BCUT2D eigenvalue weighted by atomic mass is 10.1. The first kappa shape index (κ1) is 21.1. The summed E-state index contributed by atoms with van der Waals surface area (Å²) in [7, 11) is 1.93. The molecule has 1 amide bonds. The van der Waals surface area contributed by atoms with Crippen LogP contribution < -0.4 is 5.32 Å². The maximum Gasteiger partial charge on any atom is 0.240 e. The molecule has 0 spiro atoms. The number of hydrogen-bond acceptors (Lipinski definition) is 5. The number of H-pyrrole nitrogens is 1. The number of thiazole rings is 1. The van der Waals surface area contributed by atoms with Crippen LogP contribution in [0.2, 0.25) is 0 Å². The van der Waals surface area contributed by atoms with E-state index in [1.807, 2.05) is 24.9 Å². The summed E-state index contributed by atoms with van der Waals surface area (Å²) in [4.78, 5) is 19.8. The Labute approximate surface area is 174 Å². The zero-order valence-corrected chi connectivity index (χ0v) is 17.8. The van der Waals surface area contributed by atoms with E-state index in [2.05, 4.69) is 27.4 Å². The molecule has 154 valence electrons. The van der Waals surface area contributed by atoms with Crippen molar-refractivity contribution in [2.75, 3.05) is 25.5 Å². The molecule has 0 aliphatic carbocycles. The summed E-state index contributed by atoms with van der Waals surface area (Å²) in [5.41, 5.74) is 3.75. The number of halogens is 1. The van der Waals surface area contributed by atoms with Crippen LogP contribution in [0, 0.1) is 12.7 Å². The van der Waals surface area contributed by atoms with E-state index in [1.165, 1.54) is 23.5 Å². The standard InChI is InChI=1S/C21H26FN5OS/c1-4-18-14(2)29-21(23-18)24-20(28)13-27(3)11-5-6-17-12-19(26-25-17)15-7-9-16(22)10-8-15/h7-10,12H,4-6,11,13H2,1-3H3,(H,25,26)(H,23,24,28). The highest BCUT2D eigenvalue weighted by atomic mass is 32.1. The van der Waals surface area contributed by atoms with E-state index in [-0.39, 0.29) is 11.7 Å². The van der Waals surface area contributed by atoms with Gasteiger partial charge in [0.25, 0.3) is 0 Å². The van der Waals surface area contributed by atoms with Crippen molar-refractivity contribution < 1.29 is 9.18 Å². The maximum absolute atomic E-state index is 13.0. The molecule has 2 N–H and O–H groups in total. The molecule has 2 aromatic heterocycles. The number of likely N-dealkylation sites (N-methyl/N-ethyl adjacent to an activating group) is 1. The first-order valence-electron chi connectivity index (χ1n) is 9.69. The zero-order valence-electron chi connectivity index (χ0n) is 17.0. The van der Waals surface area contributed by atoms with Crippen molar-refractivity contribution in [2.24, 2.45) is 0 Å². The van der Waals surface area contributed by atoms with Crippen molar-refractivity contribution in [2.45, 2.75) is 33.1 Å². The first-order valence-corrected chi connectivity index (χ1v) is 10.5. The minimum atomic E-state index is -0.257. The highest BCUT2D eigenvalue weighted by Crippen LogP contribution is 2.22. The van der Waals surface area contributed by atoms with E-state index in [1.54, 1.807) is 12.1 Å². The van der Waals surface area contributed by atoms with Crippen LogP contribution in [0.25, 0.3) is 11.3 Å². The molecule has 0 aliphatic heterocycles. The number of amides is 1. The summed E-state index contributed by atoms with van der Waals surface area (Å²) in [5.74, 6) is -0.309.